The Morgan fingerprint density at radius 2 is 0.386 bits per heavy atom. The molecule has 0 saturated heterocycles. The molecule has 22 rings (SSSR count). The van der Waals surface area contributed by atoms with Crippen LogP contribution in [0.1, 0.15) is 116 Å². The Hall–Kier alpha value is -2.37. The third-order valence-electron chi connectivity index (χ3n) is 22.4. The number of carbonyl (C=O) groups is 3. The molecule has 21 aliphatic carbocycles. The highest BCUT2D eigenvalue weighted by molar-refractivity contribution is 5.84. The van der Waals surface area contributed by atoms with Crippen molar-refractivity contribution in [3.05, 3.63) is 18.2 Å². The van der Waals surface area contributed by atoms with Crippen LogP contribution in [0.5, 0.6) is 0 Å². The van der Waals surface area contributed by atoms with Gasteiger partial charge in [0, 0.05) is 17.1 Å². The summed E-state index contributed by atoms with van der Waals surface area (Å²) >= 11 is 0. The van der Waals surface area contributed by atoms with E-state index in [1.807, 2.05) is 0 Å². The molecule has 0 aromatic heterocycles. The normalized spacial score (nSPS) is 55.4. The molecular weight excluding hydrogens is 703 g/mol. The Morgan fingerprint density at radius 3 is 0.491 bits per heavy atom. The average Bonchev–Trinajstić information content (AvgIpc) is 3.24. The van der Waals surface area contributed by atoms with Crippen LogP contribution >= 0.6 is 0 Å². The molecule has 3 amide bonds. The van der Waals surface area contributed by atoms with Crippen LogP contribution in [0.2, 0.25) is 0 Å². The van der Waals surface area contributed by atoms with Crippen LogP contribution in [0.4, 0.5) is 17.1 Å². The topological polar surface area (TPSA) is 87.3 Å². The summed E-state index contributed by atoms with van der Waals surface area (Å²) in [5, 5.41) is 7.24. The number of hydrogen-bond acceptors (Lipinski definition) is 3. The van der Waals surface area contributed by atoms with Crippen molar-refractivity contribution in [3.63, 3.8) is 0 Å². The summed E-state index contributed by atoms with van der Waals surface area (Å²) in [6.45, 7) is 0. The molecule has 0 aliphatic heterocycles. The molecule has 306 valence electrons. The minimum absolute atomic E-state index is 0.473. The predicted molar refractivity (Wildman–Crippen MR) is 222 cm³/mol. The maximum absolute atomic E-state index is 10.2. The van der Waals surface area contributed by atoms with E-state index in [-0.39, 0.29) is 0 Å². The van der Waals surface area contributed by atoms with Gasteiger partial charge in [-0.1, -0.05) is 0 Å². The van der Waals surface area contributed by atoms with E-state index in [1.165, 1.54) is 142 Å². The van der Waals surface area contributed by atoms with Gasteiger partial charge in [0.25, 0.3) is 0 Å². The Balaban J connectivity index is 0.0000000795. The van der Waals surface area contributed by atoms with Crippen LogP contribution in [-0.4, -0.2) is 19.2 Å². The summed E-state index contributed by atoms with van der Waals surface area (Å²) in [6.07, 6.45) is 31.3. The SMILES string of the molecule is C1C2CC3C4CC5CC(C14)C(C2)C3C5.C1C2CC3C4CC5CC(C14)C(C2)C3C5.C1C2CC3C4CC5CC(C14)C(C2)C3C5.O=CNc1cc(NC=O)cc(NC=O)c1. The molecule has 0 spiro atoms. The number of carbonyl (C=O) groups excluding carboxylic acids is 3. The van der Waals surface area contributed by atoms with Crippen molar-refractivity contribution in [2.45, 2.75) is 116 Å². The quantitative estimate of drug-likeness (QED) is 0.252. The molecule has 3 N–H and O–H groups in total. The van der Waals surface area contributed by atoms with Gasteiger partial charge >= 0.3 is 0 Å². The number of anilines is 3. The lowest BCUT2D eigenvalue weighted by Gasteiger charge is -2.69. The van der Waals surface area contributed by atoms with E-state index >= 15 is 0 Å². The molecule has 1 aromatic rings. The molecule has 6 nitrogen and oxygen atoms in total. The monoisotopic (exact) mass is 772 g/mol. The van der Waals surface area contributed by atoms with Crippen molar-refractivity contribution >= 4 is 36.3 Å². The molecule has 21 saturated carbocycles. The zero-order valence-corrected chi connectivity index (χ0v) is 34.3. The summed E-state index contributed by atoms with van der Waals surface area (Å²) in [5.74, 6) is 29.2. The van der Waals surface area contributed by atoms with E-state index in [9.17, 15) is 14.4 Å². The molecule has 0 heterocycles. The highest BCUT2D eigenvalue weighted by atomic mass is 16.1. The first-order valence-corrected chi connectivity index (χ1v) is 24.8. The molecular formula is C51H69N3O3. The third-order valence-corrected chi connectivity index (χ3v) is 22.4. The summed E-state index contributed by atoms with van der Waals surface area (Å²) in [4.78, 5) is 30.7. The maximum Gasteiger partial charge on any atom is 0.211 e. The van der Waals surface area contributed by atoms with Gasteiger partial charge in [-0.05, 0) is 276 Å². The van der Waals surface area contributed by atoms with Gasteiger partial charge < -0.3 is 16.0 Å². The van der Waals surface area contributed by atoms with E-state index in [0.29, 0.717) is 36.3 Å². The van der Waals surface area contributed by atoms with Crippen LogP contribution in [-0.2, 0) is 14.4 Å². The van der Waals surface area contributed by atoms with Gasteiger partial charge in [0.05, 0.1) is 0 Å². The Bertz CT molecular complexity index is 1300. The third kappa shape index (κ3) is 5.41. The summed E-state index contributed by atoms with van der Waals surface area (Å²) in [7, 11) is 0. The maximum atomic E-state index is 10.2. The first-order chi connectivity index (χ1) is 28.0. The predicted octanol–water partition coefficient (Wildman–Crippen LogP) is 10.4. The Labute approximate surface area is 341 Å². The van der Waals surface area contributed by atoms with Crippen LogP contribution in [0.3, 0.4) is 0 Å². The van der Waals surface area contributed by atoms with Crippen molar-refractivity contribution in [2.75, 3.05) is 16.0 Å². The van der Waals surface area contributed by atoms with Crippen LogP contribution in [0.15, 0.2) is 18.2 Å². The first-order valence-electron chi connectivity index (χ1n) is 24.8. The molecule has 1 aromatic carbocycles. The molecule has 0 unspecified atom stereocenters. The average molecular weight is 772 g/mol. The lowest BCUT2D eigenvalue weighted by atomic mass is 9.36. The number of hydrogen-bond donors (Lipinski definition) is 3. The highest BCUT2D eigenvalue weighted by Crippen LogP contribution is 2.73. The second-order valence-corrected chi connectivity index (χ2v) is 24.0. The van der Waals surface area contributed by atoms with Crippen LogP contribution < -0.4 is 16.0 Å². The lowest BCUT2D eigenvalue weighted by molar-refractivity contribution is -0.202. The van der Waals surface area contributed by atoms with Gasteiger partial charge in [0.2, 0.25) is 19.2 Å². The van der Waals surface area contributed by atoms with Gasteiger partial charge in [-0.3, -0.25) is 14.4 Å². The molecule has 21 fully saturated rings. The molecule has 21 aliphatic rings. The van der Waals surface area contributed by atoms with Gasteiger partial charge in [-0.15, -0.1) is 0 Å². The minimum atomic E-state index is 0.473. The zero-order chi connectivity index (χ0) is 37.7. The van der Waals surface area contributed by atoms with E-state index in [2.05, 4.69) is 16.0 Å². The highest BCUT2D eigenvalue weighted by Gasteiger charge is 2.65. The second-order valence-electron chi connectivity index (χ2n) is 24.0. The van der Waals surface area contributed by atoms with Gasteiger partial charge in [0.15, 0.2) is 0 Å². The Morgan fingerprint density at radius 1 is 0.263 bits per heavy atom. The van der Waals surface area contributed by atoms with Crippen molar-refractivity contribution in [3.8, 4) is 0 Å². The van der Waals surface area contributed by atoms with E-state index < -0.39 is 0 Å². The van der Waals surface area contributed by atoms with E-state index in [4.69, 9.17) is 0 Å². The van der Waals surface area contributed by atoms with Crippen molar-refractivity contribution in [1.29, 1.82) is 0 Å². The van der Waals surface area contributed by atoms with E-state index in [1.54, 1.807) is 134 Å². The first kappa shape index (κ1) is 35.4. The van der Waals surface area contributed by atoms with Crippen molar-refractivity contribution < 1.29 is 14.4 Å². The standard InChI is InChI=1S/3C14H20.C9H9N3O3/c3*1-7-2-12-10-4-8-5-11(9(1)10)13(3-7)14(12)6-8;13-4-10-7-1-8(11-5-14)3-9(2-7)12-6-15/h3*7-14H,1-6H2;1-6H,(H,10,13)(H,11,14)(H,12,15). The fraction of sp³-hybridized carbons (Fsp3) is 0.824. The summed E-state index contributed by atoms with van der Waals surface area (Å²) in [5.41, 5.74) is 1.42. The molecule has 24 bridgehead atoms. The number of amides is 3. The molecule has 57 heavy (non-hydrogen) atoms. The fourth-order valence-corrected chi connectivity index (χ4v) is 21.7. The largest absolute Gasteiger partial charge is 0.329 e. The Kier molecular flexibility index (Phi) is 8.27. The van der Waals surface area contributed by atoms with Crippen LogP contribution in [0, 0.1) is 142 Å². The van der Waals surface area contributed by atoms with Gasteiger partial charge in [0.1, 0.15) is 0 Å². The fourth-order valence-electron chi connectivity index (χ4n) is 21.7. The minimum Gasteiger partial charge on any atom is -0.329 e. The van der Waals surface area contributed by atoms with E-state index in [0.717, 1.165) is 0 Å². The lowest BCUT2D eigenvalue weighted by Crippen LogP contribution is -2.62. The molecule has 0 radical (unpaired) electrons. The molecule has 0 atom stereocenters. The summed E-state index contributed by atoms with van der Waals surface area (Å²) < 4.78 is 0. The molecule has 6 heteroatoms. The smallest absolute Gasteiger partial charge is 0.211 e. The number of rotatable bonds is 6. The zero-order valence-electron chi connectivity index (χ0n) is 34.3. The van der Waals surface area contributed by atoms with Crippen molar-refractivity contribution in [1.82, 2.24) is 0 Å². The van der Waals surface area contributed by atoms with Crippen LogP contribution in [0.25, 0.3) is 0 Å². The number of benzene rings is 1. The summed E-state index contributed by atoms with van der Waals surface area (Å²) in [6, 6.07) is 4.66. The second kappa shape index (κ2) is 13.3. The van der Waals surface area contributed by atoms with Crippen molar-refractivity contribution in [2.24, 2.45) is 142 Å². The van der Waals surface area contributed by atoms with Gasteiger partial charge in [-0.25, -0.2) is 0 Å². The van der Waals surface area contributed by atoms with Gasteiger partial charge in [-0.2, -0.15) is 0 Å². The number of nitrogens with one attached hydrogen (secondary N) is 3.